The van der Waals surface area contributed by atoms with Crippen LogP contribution >= 0.6 is 0 Å². The maximum Gasteiger partial charge on any atom is 0.123 e. The second kappa shape index (κ2) is 5.24. The number of aliphatic hydroxyl groups is 1. The minimum absolute atomic E-state index is 0.151. The lowest BCUT2D eigenvalue weighted by atomic mass is 9.51. The predicted molar refractivity (Wildman–Crippen MR) is 86.8 cm³/mol. The van der Waals surface area contributed by atoms with Gasteiger partial charge in [0.05, 0.1) is 12.2 Å². The van der Waals surface area contributed by atoms with Crippen molar-refractivity contribution in [1.82, 2.24) is 5.32 Å². The van der Waals surface area contributed by atoms with Crippen molar-refractivity contribution in [3.8, 4) is 5.75 Å². The average Bonchev–Trinajstić information content (AvgIpc) is 2.44. The Balaban J connectivity index is 1.50. The van der Waals surface area contributed by atoms with Crippen LogP contribution in [0.5, 0.6) is 5.75 Å². The molecule has 0 heterocycles. The molecule has 5 rings (SSSR count). The average molecular weight is 301 g/mol. The molecule has 2 atom stereocenters. The molecule has 0 unspecified atom stereocenters. The van der Waals surface area contributed by atoms with Crippen molar-refractivity contribution in [2.45, 2.75) is 63.1 Å². The van der Waals surface area contributed by atoms with Gasteiger partial charge in [0.25, 0.3) is 0 Å². The largest absolute Gasteiger partial charge is 0.494 e. The highest BCUT2D eigenvalue weighted by atomic mass is 16.5. The summed E-state index contributed by atoms with van der Waals surface area (Å²) in [4.78, 5) is 0. The summed E-state index contributed by atoms with van der Waals surface area (Å²) in [6.45, 7) is 3.57. The number of hydrogen-bond acceptors (Lipinski definition) is 3. The monoisotopic (exact) mass is 301 g/mol. The summed E-state index contributed by atoms with van der Waals surface area (Å²) in [6, 6.07) is 8.30. The smallest absolute Gasteiger partial charge is 0.123 e. The quantitative estimate of drug-likeness (QED) is 0.877. The van der Waals surface area contributed by atoms with E-state index in [1.165, 1.54) is 24.8 Å². The van der Waals surface area contributed by atoms with Gasteiger partial charge >= 0.3 is 0 Å². The molecule has 4 bridgehead atoms. The van der Waals surface area contributed by atoms with Crippen molar-refractivity contribution < 1.29 is 9.84 Å². The van der Waals surface area contributed by atoms with Crippen molar-refractivity contribution in [3.63, 3.8) is 0 Å². The fourth-order valence-electron chi connectivity index (χ4n) is 5.65. The Morgan fingerprint density at radius 1 is 1.18 bits per heavy atom. The first-order valence-electron chi connectivity index (χ1n) is 8.78. The molecule has 3 nitrogen and oxygen atoms in total. The molecular weight excluding hydrogens is 274 g/mol. The number of rotatable bonds is 5. The van der Waals surface area contributed by atoms with Crippen molar-refractivity contribution in [1.29, 1.82) is 0 Å². The molecule has 0 aliphatic heterocycles. The van der Waals surface area contributed by atoms with E-state index >= 15 is 0 Å². The highest BCUT2D eigenvalue weighted by Gasteiger charge is 2.56. The van der Waals surface area contributed by atoms with Gasteiger partial charge in [-0.05, 0) is 63.4 Å². The Labute approximate surface area is 133 Å². The molecule has 0 aromatic heterocycles. The molecule has 4 saturated carbocycles. The lowest BCUT2D eigenvalue weighted by Gasteiger charge is -2.60. The summed E-state index contributed by atoms with van der Waals surface area (Å²) in [6.07, 6.45) is 6.81. The van der Waals surface area contributed by atoms with E-state index in [9.17, 15) is 5.11 Å². The Bertz CT molecular complexity index is 542. The third-order valence-corrected chi connectivity index (χ3v) is 5.96. The molecule has 2 N–H and O–H groups in total. The molecule has 3 heteroatoms. The zero-order valence-electron chi connectivity index (χ0n) is 13.5. The molecular formula is C19H27NO2. The molecule has 4 aliphatic carbocycles. The van der Waals surface area contributed by atoms with Crippen LogP contribution < -0.4 is 10.1 Å². The summed E-state index contributed by atoms with van der Waals surface area (Å²) >= 11 is 0. The number of hydrogen-bond donors (Lipinski definition) is 2. The van der Waals surface area contributed by atoms with Crippen LogP contribution in [0, 0.1) is 11.8 Å². The van der Waals surface area contributed by atoms with Crippen LogP contribution in [0.3, 0.4) is 0 Å². The van der Waals surface area contributed by atoms with E-state index in [1.54, 1.807) is 0 Å². The van der Waals surface area contributed by atoms with Gasteiger partial charge in [0.15, 0.2) is 0 Å². The molecule has 1 aromatic rings. The first-order chi connectivity index (χ1) is 10.6. The third-order valence-electron chi connectivity index (χ3n) is 5.96. The molecule has 0 spiro atoms. The first-order valence-corrected chi connectivity index (χ1v) is 8.78. The third kappa shape index (κ3) is 2.55. The molecule has 0 amide bonds. The standard InChI is InChI=1S/C19H27NO2/c1-2-22-17-6-4-3-5-16(17)12-20-18-8-14-7-15(9-18)11-19(21,10-14)13-18/h3-6,14-15,20-21H,2,7-13H2,1H3/t14-,15-,18?,19?/m1/s1. The second-order valence-corrected chi connectivity index (χ2v) is 7.86. The molecule has 4 fully saturated rings. The zero-order chi connectivity index (χ0) is 15.2. The molecule has 0 radical (unpaired) electrons. The number of nitrogens with one attached hydrogen (secondary N) is 1. The molecule has 22 heavy (non-hydrogen) atoms. The van der Waals surface area contributed by atoms with Crippen molar-refractivity contribution in [3.05, 3.63) is 29.8 Å². The van der Waals surface area contributed by atoms with E-state index in [4.69, 9.17) is 4.74 Å². The van der Waals surface area contributed by atoms with Crippen LogP contribution in [0.1, 0.15) is 51.0 Å². The Morgan fingerprint density at radius 3 is 2.59 bits per heavy atom. The predicted octanol–water partition coefficient (Wildman–Crippen LogP) is 3.26. The summed E-state index contributed by atoms with van der Waals surface area (Å²) in [5.41, 5.74) is 0.987. The van der Waals surface area contributed by atoms with Crippen molar-refractivity contribution >= 4 is 0 Å². The van der Waals surface area contributed by atoms with Gasteiger partial charge in [0.1, 0.15) is 5.75 Å². The molecule has 120 valence electrons. The lowest BCUT2D eigenvalue weighted by Crippen LogP contribution is -2.64. The van der Waals surface area contributed by atoms with Crippen LogP contribution in [0.4, 0.5) is 0 Å². The van der Waals surface area contributed by atoms with E-state index in [-0.39, 0.29) is 5.54 Å². The topological polar surface area (TPSA) is 41.5 Å². The van der Waals surface area contributed by atoms with Gasteiger partial charge < -0.3 is 15.2 Å². The molecule has 1 aromatic carbocycles. The summed E-state index contributed by atoms with van der Waals surface area (Å²) in [5, 5.41) is 14.7. The van der Waals surface area contributed by atoms with Gasteiger partial charge in [0.2, 0.25) is 0 Å². The Kier molecular flexibility index (Phi) is 3.46. The Hall–Kier alpha value is -1.06. The molecule has 0 saturated heterocycles. The minimum atomic E-state index is -0.392. The summed E-state index contributed by atoms with van der Waals surface area (Å²) < 4.78 is 5.74. The van der Waals surface area contributed by atoms with Crippen LogP contribution in [0.2, 0.25) is 0 Å². The van der Waals surface area contributed by atoms with Crippen molar-refractivity contribution in [2.75, 3.05) is 6.61 Å². The highest BCUT2D eigenvalue weighted by Crippen LogP contribution is 2.57. The van der Waals surface area contributed by atoms with Crippen LogP contribution in [-0.2, 0) is 6.54 Å². The van der Waals surface area contributed by atoms with E-state index < -0.39 is 5.60 Å². The van der Waals surface area contributed by atoms with E-state index in [0.29, 0.717) is 6.61 Å². The fraction of sp³-hybridized carbons (Fsp3) is 0.684. The van der Waals surface area contributed by atoms with Gasteiger partial charge in [-0.2, -0.15) is 0 Å². The van der Waals surface area contributed by atoms with Gasteiger partial charge in [0, 0.05) is 17.6 Å². The maximum absolute atomic E-state index is 10.8. The normalized spacial score (nSPS) is 39.2. The number of para-hydroxylation sites is 1. The van der Waals surface area contributed by atoms with Gasteiger partial charge in [-0.1, -0.05) is 18.2 Å². The second-order valence-electron chi connectivity index (χ2n) is 7.86. The SMILES string of the molecule is CCOc1ccccc1CNC12C[C@H]3C[C@@H](CC(O)(C3)C1)C2. The Morgan fingerprint density at radius 2 is 1.91 bits per heavy atom. The maximum atomic E-state index is 10.8. The zero-order valence-corrected chi connectivity index (χ0v) is 13.5. The van der Waals surface area contributed by atoms with Gasteiger partial charge in [-0.25, -0.2) is 0 Å². The van der Waals surface area contributed by atoms with Crippen LogP contribution in [0.25, 0.3) is 0 Å². The highest BCUT2D eigenvalue weighted by molar-refractivity contribution is 5.33. The van der Waals surface area contributed by atoms with Crippen LogP contribution in [-0.4, -0.2) is 22.9 Å². The van der Waals surface area contributed by atoms with Gasteiger partial charge in [-0.15, -0.1) is 0 Å². The van der Waals surface area contributed by atoms with Gasteiger partial charge in [-0.3, -0.25) is 0 Å². The summed E-state index contributed by atoms with van der Waals surface area (Å²) in [5.74, 6) is 2.43. The number of benzene rings is 1. The van der Waals surface area contributed by atoms with E-state index in [2.05, 4.69) is 17.4 Å². The first kappa shape index (κ1) is 14.5. The van der Waals surface area contributed by atoms with E-state index in [1.807, 2.05) is 19.1 Å². The fourth-order valence-corrected chi connectivity index (χ4v) is 5.65. The van der Waals surface area contributed by atoms with Crippen LogP contribution in [0.15, 0.2) is 24.3 Å². The van der Waals surface area contributed by atoms with E-state index in [0.717, 1.165) is 43.4 Å². The van der Waals surface area contributed by atoms with Crippen molar-refractivity contribution in [2.24, 2.45) is 11.8 Å². The number of ether oxygens (including phenoxy) is 1. The minimum Gasteiger partial charge on any atom is -0.494 e. The lowest BCUT2D eigenvalue weighted by molar-refractivity contribution is -0.142. The molecule has 4 aliphatic rings. The summed E-state index contributed by atoms with van der Waals surface area (Å²) in [7, 11) is 0.